The Bertz CT molecular complexity index is 491. The monoisotopic (exact) mass is 360 g/mol. The lowest BCUT2D eigenvalue weighted by atomic mass is 10.2. The molecule has 4 nitrogen and oxygen atoms in total. The predicted molar refractivity (Wildman–Crippen MR) is 72.1 cm³/mol. The van der Waals surface area contributed by atoms with Gasteiger partial charge in [0.05, 0.1) is 6.54 Å². The van der Waals surface area contributed by atoms with Crippen molar-refractivity contribution >= 4 is 37.7 Å². The molecule has 0 radical (unpaired) electrons. The van der Waals surface area contributed by atoms with Gasteiger partial charge in [-0.3, -0.25) is 4.99 Å². The zero-order valence-corrected chi connectivity index (χ0v) is 12.0. The maximum Gasteiger partial charge on any atom is 0.189 e. The van der Waals surface area contributed by atoms with Crippen LogP contribution in [0, 0.1) is 0 Å². The molecule has 3 rings (SSSR count). The van der Waals surface area contributed by atoms with Crippen molar-refractivity contribution in [3.63, 3.8) is 0 Å². The molecular formula is C11H10Br2N2O2. The summed E-state index contributed by atoms with van der Waals surface area (Å²) in [6.07, 6.45) is -0.127. The Morgan fingerprint density at radius 3 is 2.71 bits per heavy atom. The standard InChI is InChI=1S/C11H10Br2N2O2/c12-6-3-8-9(4-7(6)13)17-10(5-16-8)11-14-1-2-15-11/h3-4,10H,1-2,5H2,(H,14,15). The van der Waals surface area contributed by atoms with E-state index in [0.717, 1.165) is 39.4 Å². The number of rotatable bonds is 1. The minimum absolute atomic E-state index is 0.127. The fraction of sp³-hybridized carbons (Fsp3) is 0.364. The minimum Gasteiger partial charge on any atom is -0.485 e. The Morgan fingerprint density at radius 2 is 2.00 bits per heavy atom. The summed E-state index contributed by atoms with van der Waals surface area (Å²) in [6, 6.07) is 3.81. The van der Waals surface area contributed by atoms with Gasteiger partial charge in [-0.1, -0.05) is 0 Å². The molecule has 2 aliphatic heterocycles. The molecule has 1 aromatic rings. The Morgan fingerprint density at radius 1 is 1.24 bits per heavy atom. The SMILES string of the molecule is Brc1cc2c(cc1Br)OC(C1=NCCN1)CO2. The molecule has 6 heteroatoms. The van der Waals surface area contributed by atoms with E-state index in [9.17, 15) is 0 Å². The lowest BCUT2D eigenvalue weighted by Crippen LogP contribution is -2.42. The van der Waals surface area contributed by atoms with Crippen molar-refractivity contribution in [2.75, 3.05) is 19.7 Å². The van der Waals surface area contributed by atoms with Gasteiger partial charge in [0.1, 0.15) is 12.4 Å². The third-order valence-electron chi connectivity index (χ3n) is 2.65. The van der Waals surface area contributed by atoms with Crippen LogP contribution in [0.3, 0.4) is 0 Å². The third kappa shape index (κ3) is 2.15. The Labute approximate surface area is 116 Å². The summed E-state index contributed by atoms with van der Waals surface area (Å²) in [5.41, 5.74) is 0. The van der Waals surface area contributed by atoms with Gasteiger partial charge in [-0.25, -0.2) is 0 Å². The molecular weight excluding hydrogens is 352 g/mol. The summed E-state index contributed by atoms with van der Waals surface area (Å²) in [7, 11) is 0. The molecule has 90 valence electrons. The van der Waals surface area contributed by atoms with Gasteiger partial charge >= 0.3 is 0 Å². The van der Waals surface area contributed by atoms with Crippen LogP contribution in [0.25, 0.3) is 0 Å². The summed E-state index contributed by atoms with van der Waals surface area (Å²) in [5, 5.41) is 3.21. The van der Waals surface area contributed by atoms with E-state index in [1.54, 1.807) is 0 Å². The molecule has 0 spiro atoms. The van der Waals surface area contributed by atoms with E-state index in [1.807, 2.05) is 12.1 Å². The molecule has 17 heavy (non-hydrogen) atoms. The molecule has 1 atom stereocenters. The number of aliphatic imine (C=N–C) groups is 1. The fourth-order valence-corrected chi connectivity index (χ4v) is 2.48. The lowest BCUT2D eigenvalue weighted by molar-refractivity contribution is 0.133. The van der Waals surface area contributed by atoms with Crippen LogP contribution in [0.5, 0.6) is 11.5 Å². The van der Waals surface area contributed by atoms with Gasteiger partial charge in [-0.15, -0.1) is 0 Å². The number of hydrogen-bond acceptors (Lipinski definition) is 4. The molecule has 1 N–H and O–H groups in total. The minimum atomic E-state index is -0.127. The molecule has 0 amide bonds. The van der Waals surface area contributed by atoms with Gasteiger partial charge in [0.25, 0.3) is 0 Å². The Balaban J connectivity index is 1.87. The first kappa shape index (κ1) is 11.3. The number of hydrogen-bond donors (Lipinski definition) is 1. The van der Waals surface area contributed by atoms with Gasteiger partial charge in [-0.05, 0) is 44.0 Å². The zero-order valence-electron chi connectivity index (χ0n) is 8.87. The van der Waals surface area contributed by atoms with Crippen molar-refractivity contribution in [3.8, 4) is 11.5 Å². The number of nitrogens with zero attached hydrogens (tertiary/aromatic N) is 1. The van der Waals surface area contributed by atoms with Crippen molar-refractivity contribution in [2.45, 2.75) is 6.10 Å². The maximum absolute atomic E-state index is 5.88. The molecule has 1 unspecified atom stereocenters. The van der Waals surface area contributed by atoms with Gasteiger partial charge in [0.15, 0.2) is 17.6 Å². The molecule has 0 saturated carbocycles. The van der Waals surface area contributed by atoms with Crippen LogP contribution < -0.4 is 14.8 Å². The van der Waals surface area contributed by atoms with Gasteiger partial charge in [0, 0.05) is 15.5 Å². The summed E-state index contributed by atoms with van der Waals surface area (Å²) < 4.78 is 13.5. The van der Waals surface area contributed by atoms with Crippen LogP contribution in [0.1, 0.15) is 0 Å². The Kier molecular flexibility index (Phi) is 3.00. The van der Waals surface area contributed by atoms with E-state index in [-0.39, 0.29) is 6.10 Å². The van der Waals surface area contributed by atoms with Crippen molar-refractivity contribution in [1.29, 1.82) is 0 Å². The number of nitrogens with one attached hydrogen (secondary N) is 1. The van der Waals surface area contributed by atoms with Crippen LogP contribution in [-0.2, 0) is 0 Å². The summed E-state index contributed by atoms with van der Waals surface area (Å²) in [4.78, 5) is 4.35. The topological polar surface area (TPSA) is 42.8 Å². The van der Waals surface area contributed by atoms with Gasteiger partial charge in [0.2, 0.25) is 0 Å². The van der Waals surface area contributed by atoms with E-state index >= 15 is 0 Å². The molecule has 0 fully saturated rings. The molecule has 2 aliphatic rings. The Hall–Kier alpha value is -0.750. The molecule has 1 aromatic carbocycles. The number of ether oxygens (including phenoxy) is 2. The van der Waals surface area contributed by atoms with E-state index in [2.05, 4.69) is 42.2 Å². The second-order valence-corrected chi connectivity index (χ2v) is 5.53. The van der Waals surface area contributed by atoms with Crippen molar-refractivity contribution in [1.82, 2.24) is 5.32 Å². The first-order chi connectivity index (χ1) is 8.24. The van der Waals surface area contributed by atoms with E-state index in [4.69, 9.17) is 9.47 Å². The lowest BCUT2D eigenvalue weighted by Gasteiger charge is -2.27. The highest BCUT2D eigenvalue weighted by atomic mass is 79.9. The summed E-state index contributed by atoms with van der Waals surface area (Å²) >= 11 is 6.89. The van der Waals surface area contributed by atoms with Gasteiger partial charge < -0.3 is 14.8 Å². The number of halogens is 2. The predicted octanol–water partition coefficient (Wildman–Crippen LogP) is 2.35. The van der Waals surface area contributed by atoms with E-state index in [1.165, 1.54) is 0 Å². The summed E-state index contributed by atoms with van der Waals surface area (Å²) in [6.45, 7) is 2.19. The summed E-state index contributed by atoms with van der Waals surface area (Å²) in [5.74, 6) is 2.39. The highest BCUT2D eigenvalue weighted by molar-refractivity contribution is 9.13. The van der Waals surface area contributed by atoms with E-state index in [0.29, 0.717) is 6.61 Å². The zero-order chi connectivity index (χ0) is 11.8. The van der Waals surface area contributed by atoms with Crippen LogP contribution >= 0.6 is 31.9 Å². The average Bonchev–Trinajstić information content (AvgIpc) is 2.83. The van der Waals surface area contributed by atoms with Crippen LogP contribution in [0.2, 0.25) is 0 Å². The average molecular weight is 362 g/mol. The molecule has 0 aliphatic carbocycles. The molecule has 0 bridgehead atoms. The third-order valence-corrected chi connectivity index (χ3v) is 4.50. The van der Waals surface area contributed by atoms with Crippen molar-refractivity contribution in [2.24, 2.45) is 4.99 Å². The number of amidine groups is 1. The van der Waals surface area contributed by atoms with Crippen molar-refractivity contribution < 1.29 is 9.47 Å². The highest BCUT2D eigenvalue weighted by Gasteiger charge is 2.27. The largest absolute Gasteiger partial charge is 0.485 e. The molecule has 0 aromatic heterocycles. The van der Waals surface area contributed by atoms with Crippen LogP contribution in [0.4, 0.5) is 0 Å². The smallest absolute Gasteiger partial charge is 0.189 e. The second kappa shape index (κ2) is 4.49. The maximum atomic E-state index is 5.88. The first-order valence-corrected chi connectivity index (χ1v) is 6.89. The number of fused-ring (bicyclic) bond motifs is 1. The van der Waals surface area contributed by atoms with Gasteiger partial charge in [-0.2, -0.15) is 0 Å². The van der Waals surface area contributed by atoms with Crippen LogP contribution in [0.15, 0.2) is 26.1 Å². The molecule has 2 heterocycles. The highest BCUT2D eigenvalue weighted by Crippen LogP contribution is 2.39. The van der Waals surface area contributed by atoms with Crippen LogP contribution in [-0.4, -0.2) is 31.6 Å². The fourth-order valence-electron chi connectivity index (χ4n) is 1.83. The van der Waals surface area contributed by atoms with Crippen molar-refractivity contribution in [3.05, 3.63) is 21.1 Å². The second-order valence-electron chi connectivity index (χ2n) is 3.82. The quantitative estimate of drug-likeness (QED) is 0.834. The normalized spacial score (nSPS) is 22.0. The molecule has 0 saturated heterocycles. The number of benzene rings is 1. The van der Waals surface area contributed by atoms with E-state index < -0.39 is 0 Å². The first-order valence-electron chi connectivity index (χ1n) is 5.31.